The Balaban J connectivity index is 1.93. The molecule has 17 heavy (non-hydrogen) atoms. The van der Waals surface area contributed by atoms with E-state index < -0.39 is 6.10 Å². The Morgan fingerprint density at radius 2 is 2.35 bits per heavy atom. The number of benzene rings is 1. The van der Waals surface area contributed by atoms with Crippen LogP contribution >= 0.6 is 0 Å². The monoisotopic (exact) mass is 236 g/mol. The number of carbonyl (C=O) groups excluding carboxylic acids is 1. The molecule has 2 atom stereocenters. The maximum absolute atomic E-state index is 11.8. The molecule has 2 unspecified atom stereocenters. The normalized spacial score (nSPS) is 23.6. The number of carbonyl (C=O) groups is 1. The second-order valence-electron chi connectivity index (χ2n) is 4.10. The zero-order chi connectivity index (χ0) is 12.3. The maximum Gasteiger partial charge on any atom is 0.253 e. The molecule has 5 nitrogen and oxygen atoms in total. The number of amides is 1. The van der Waals surface area contributed by atoms with Crippen molar-refractivity contribution < 1.29 is 14.6 Å². The van der Waals surface area contributed by atoms with E-state index in [9.17, 15) is 9.90 Å². The zero-order valence-corrected chi connectivity index (χ0v) is 9.43. The molecule has 0 spiro atoms. The lowest BCUT2D eigenvalue weighted by atomic mass is 10.2. The summed E-state index contributed by atoms with van der Waals surface area (Å²) in [6, 6.07) is 6.43. The van der Waals surface area contributed by atoms with Gasteiger partial charge in [0, 0.05) is 18.3 Å². The zero-order valence-electron chi connectivity index (χ0n) is 9.43. The molecular formula is C12H16N2O3. The quantitative estimate of drug-likeness (QED) is 0.726. The van der Waals surface area contributed by atoms with Crippen LogP contribution in [0.3, 0.4) is 0 Å². The predicted molar refractivity (Wildman–Crippen MR) is 63.7 cm³/mol. The standard InChI is InChI=1S/C12H16N2O3/c13-7-10-4-5-11(17-10)12(16)14-8-2-1-3-9(15)6-8/h1-3,6,10-11,15H,4-5,7,13H2,(H,14,16). The number of ether oxygens (including phenoxy) is 1. The number of nitrogens with one attached hydrogen (secondary N) is 1. The fraction of sp³-hybridized carbons (Fsp3) is 0.417. The highest BCUT2D eigenvalue weighted by molar-refractivity contribution is 5.94. The van der Waals surface area contributed by atoms with Gasteiger partial charge in [-0.05, 0) is 25.0 Å². The molecule has 1 saturated heterocycles. The molecule has 0 aliphatic carbocycles. The van der Waals surface area contributed by atoms with Crippen LogP contribution in [0.5, 0.6) is 5.75 Å². The first-order chi connectivity index (χ1) is 8.19. The maximum atomic E-state index is 11.8. The van der Waals surface area contributed by atoms with Crippen molar-refractivity contribution in [1.29, 1.82) is 0 Å². The molecule has 1 aliphatic rings. The van der Waals surface area contributed by atoms with Crippen molar-refractivity contribution in [3.05, 3.63) is 24.3 Å². The highest BCUT2D eigenvalue weighted by Crippen LogP contribution is 2.21. The molecule has 0 radical (unpaired) electrons. The van der Waals surface area contributed by atoms with Crippen LogP contribution < -0.4 is 11.1 Å². The summed E-state index contributed by atoms with van der Waals surface area (Å²) < 4.78 is 5.48. The number of nitrogens with two attached hydrogens (primary N) is 1. The molecule has 1 aliphatic heterocycles. The van der Waals surface area contributed by atoms with Crippen LogP contribution in [0.4, 0.5) is 5.69 Å². The minimum atomic E-state index is -0.439. The van der Waals surface area contributed by atoms with Crippen LogP contribution in [-0.4, -0.2) is 29.8 Å². The average Bonchev–Trinajstić information content (AvgIpc) is 2.77. The van der Waals surface area contributed by atoms with Crippen molar-refractivity contribution in [3.63, 3.8) is 0 Å². The van der Waals surface area contributed by atoms with Gasteiger partial charge in [0.25, 0.3) is 5.91 Å². The lowest BCUT2D eigenvalue weighted by Crippen LogP contribution is -2.29. The minimum Gasteiger partial charge on any atom is -0.508 e. The summed E-state index contributed by atoms with van der Waals surface area (Å²) in [5.74, 6) is -0.0680. The molecule has 1 fully saturated rings. The van der Waals surface area contributed by atoms with Crippen molar-refractivity contribution in [2.45, 2.75) is 25.0 Å². The van der Waals surface area contributed by atoms with Crippen molar-refractivity contribution in [2.75, 3.05) is 11.9 Å². The van der Waals surface area contributed by atoms with Gasteiger partial charge in [-0.2, -0.15) is 0 Å². The van der Waals surface area contributed by atoms with E-state index in [0.717, 1.165) is 6.42 Å². The first kappa shape index (κ1) is 11.9. The number of aromatic hydroxyl groups is 1. The second kappa shape index (κ2) is 5.16. The van der Waals surface area contributed by atoms with E-state index in [1.54, 1.807) is 18.2 Å². The molecule has 92 valence electrons. The highest BCUT2D eigenvalue weighted by Gasteiger charge is 2.29. The van der Waals surface area contributed by atoms with E-state index in [4.69, 9.17) is 10.5 Å². The van der Waals surface area contributed by atoms with Crippen LogP contribution in [0, 0.1) is 0 Å². The minimum absolute atomic E-state index is 0.0186. The lowest BCUT2D eigenvalue weighted by molar-refractivity contribution is -0.126. The van der Waals surface area contributed by atoms with Gasteiger partial charge in [0.15, 0.2) is 0 Å². The van der Waals surface area contributed by atoms with Gasteiger partial charge >= 0.3 is 0 Å². The van der Waals surface area contributed by atoms with Crippen LogP contribution in [0.1, 0.15) is 12.8 Å². The SMILES string of the molecule is NCC1CCC(C(=O)Nc2cccc(O)c2)O1. The van der Waals surface area contributed by atoms with Crippen LogP contribution in [0.25, 0.3) is 0 Å². The second-order valence-corrected chi connectivity index (χ2v) is 4.10. The lowest BCUT2D eigenvalue weighted by Gasteiger charge is -2.12. The average molecular weight is 236 g/mol. The smallest absolute Gasteiger partial charge is 0.253 e. The van der Waals surface area contributed by atoms with Crippen molar-refractivity contribution in [2.24, 2.45) is 5.73 Å². The summed E-state index contributed by atoms with van der Waals surface area (Å²) in [7, 11) is 0. The number of rotatable bonds is 3. The third-order valence-corrected chi connectivity index (χ3v) is 2.78. The van der Waals surface area contributed by atoms with Crippen molar-refractivity contribution in [1.82, 2.24) is 0 Å². The van der Waals surface area contributed by atoms with E-state index >= 15 is 0 Å². The Morgan fingerprint density at radius 3 is 3.00 bits per heavy atom. The summed E-state index contributed by atoms with van der Waals surface area (Å²) in [6.07, 6.45) is 1.04. The number of phenolic OH excluding ortho intramolecular Hbond substituents is 1. The topological polar surface area (TPSA) is 84.6 Å². The van der Waals surface area contributed by atoms with Gasteiger partial charge in [-0.15, -0.1) is 0 Å². The van der Waals surface area contributed by atoms with Crippen LogP contribution in [-0.2, 0) is 9.53 Å². The largest absolute Gasteiger partial charge is 0.508 e. The number of phenols is 1. The fourth-order valence-electron chi connectivity index (χ4n) is 1.88. The first-order valence-electron chi connectivity index (χ1n) is 5.64. The third kappa shape index (κ3) is 2.95. The van der Waals surface area contributed by atoms with Crippen LogP contribution in [0.2, 0.25) is 0 Å². The van der Waals surface area contributed by atoms with E-state index in [2.05, 4.69) is 5.32 Å². The van der Waals surface area contributed by atoms with E-state index in [-0.39, 0.29) is 17.8 Å². The molecule has 2 rings (SSSR count). The highest BCUT2D eigenvalue weighted by atomic mass is 16.5. The number of hydrogen-bond acceptors (Lipinski definition) is 4. The fourth-order valence-corrected chi connectivity index (χ4v) is 1.88. The molecule has 5 heteroatoms. The van der Waals surface area contributed by atoms with Gasteiger partial charge in [-0.1, -0.05) is 6.07 Å². The Labute approximate surface area is 99.6 Å². The van der Waals surface area contributed by atoms with Gasteiger partial charge in [0.1, 0.15) is 11.9 Å². The summed E-state index contributed by atoms with van der Waals surface area (Å²) in [5, 5.41) is 12.0. The van der Waals surface area contributed by atoms with Gasteiger partial charge in [-0.25, -0.2) is 0 Å². The molecular weight excluding hydrogens is 220 g/mol. The molecule has 1 aromatic rings. The number of hydrogen-bond donors (Lipinski definition) is 3. The molecule has 4 N–H and O–H groups in total. The van der Waals surface area contributed by atoms with Crippen molar-refractivity contribution in [3.8, 4) is 5.75 Å². The predicted octanol–water partition coefficient (Wildman–Crippen LogP) is 0.837. The van der Waals surface area contributed by atoms with E-state index in [1.807, 2.05) is 0 Å². The molecule has 1 aromatic carbocycles. The Bertz CT molecular complexity index is 408. The number of anilines is 1. The third-order valence-electron chi connectivity index (χ3n) is 2.78. The molecule has 1 amide bonds. The summed E-state index contributed by atoms with van der Waals surface area (Å²) in [4.78, 5) is 11.8. The Hall–Kier alpha value is -1.59. The van der Waals surface area contributed by atoms with Gasteiger partial charge in [0.2, 0.25) is 0 Å². The van der Waals surface area contributed by atoms with Gasteiger partial charge < -0.3 is 20.9 Å². The summed E-state index contributed by atoms with van der Waals surface area (Å²) in [6.45, 7) is 0.440. The first-order valence-corrected chi connectivity index (χ1v) is 5.64. The van der Waals surface area contributed by atoms with Gasteiger partial charge in [0.05, 0.1) is 6.10 Å². The van der Waals surface area contributed by atoms with E-state index in [0.29, 0.717) is 18.7 Å². The van der Waals surface area contributed by atoms with Gasteiger partial charge in [-0.3, -0.25) is 4.79 Å². The molecule has 0 saturated carbocycles. The summed E-state index contributed by atoms with van der Waals surface area (Å²) in [5.41, 5.74) is 6.04. The Kier molecular flexibility index (Phi) is 3.61. The van der Waals surface area contributed by atoms with Crippen LogP contribution in [0.15, 0.2) is 24.3 Å². The summed E-state index contributed by atoms with van der Waals surface area (Å²) >= 11 is 0. The van der Waals surface area contributed by atoms with E-state index in [1.165, 1.54) is 6.07 Å². The molecule has 1 heterocycles. The van der Waals surface area contributed by atoms with Crippen molar-refractivity contribution >= 4 is 11.6 Å². The Morgan fingerprint density at radius 1 is 1.53 bits per heavy atom. The molecule has 0 aromatic heterocycles. The molecule has 0 bridgehead atoms.